The van der Waals surface area contributed by atoms with Crippen LogP contribution < -0.4 is 0 Å². The van der Waals surface area contributed by atoms with Gasteiger partial charge in [-0.2, -0.15) is 0 Å². The first kappa shape index (κ1) is 23.0. The molecule has 162 valence electrons. The van der Waals surface area contributed by atoms with E-state index in [4.69, 9.17) is 0 Å². The molecule has 0 heterocycles. The lowest BCUT2D eigenvalue weighted by Crippen LogP contribution is -2.05. The third-order valence-electron chi connectivity index (χ3n) is 5.89. The zero-order valence-electron chi connectivity index (χ0n) is 18.3. The van der Waals surface area contributed by atoms with Crippen LogP contribution in [0.25, 0.3) is 6.08 Å². The van der Waals surface area contributed by atoms with E-state index in [9.17, 15) is 19.2 Å². The molecular formula is C28H26O4. The monoisotopic (exact) mass is 426 g/mol. The molecular weight excluding hydrogens is 400 g/mol. The molecule has 1 unspecified atom stereocenters. The minimum absolute atomic E-state index is 0.249. The van der Waals surface area contributed by atoms with Gasteiger partial charge in [0.1, 0.15) is 0 Å². The summed E-state index contributed by atoms with van der Waals surface area (Å²) >= 11 is 0. The molecule has 0 aliphatic heterocycles. The molecule has 3 rings (SSSR count). The molecule has 0 aromatic heterocycles. The fourth-order valence-electron chi connectivity index (χ4n) is 3.98. The summed E-state index contributed by atoms with van der Waals surface area (Å²) in [6.45, 7) is 3.89. The van der Waals surface area contributed by atoms with Crippen molar-refractivity contribution in [3.8, 4) is 0 Å². The highest BCUT2D eigenvalue weighted by molar-refractivity contribution is 5.92. The average molecular weight is 427 g/mol. The van der Waals surface area contributed by atoms with E-state index in [1.807, 2.05) is 19.9 Å². The van der Waals surface area contributed by atoms with Gasteiger partial charge in [-0.15, -0.1) is 0 Å². The number of hydrogen-bond donors (Lipinski definition) is 0. The molecule has 1 aliphatic rings. The highest BCUT2D eigenvalue weighted by Gasteiger charge is 2.12. The van der Waals surface area contributed by atoms with E-state index >= 15 is 0 Å². The molecule has 4 heteroatoms. The fraction of sp³-hybridized carbons (Fsp3) is 0.214. The molecule has 0 fully saturated rings. The molecule has 32 heavy (non-hydrogen) atoms. The van der Waals surface area contributed by atoms with Gasteiger partial charge in [0.25, 0.3) is 0 Å². The summed E-state index contributed by atoms with van der Waals surface area (Å²) in [5, 5.41) is 0. The van der Waals surface area contributed by atoms with Gasteiger partial charge >= 0.3 is 0 Å². The molecule has 0 amide bonds. The summed E-state index contributed by atoms with van der Waals surface area (Å²) in [5.41, 5.74) is 6.65. The zero-order chi connectivity index (χ0) is 23.1. The van der Waals surface area contributed by atoms with Crippen LogP contribution in [0.1, 0.15) is 76.5 Å². The van der Waals surface area contributed by atoms with Crippen LogP contribution >= 0.6 is 0 Å². The van der Waals surface area contributed by atoms with Gasteiger partial charge < -0.3 is 0 Å². The van der Waals surface area contributed by atoms with Crippen molar-refractivity contribution in [2.24, 2.45) is 5.92 Å². The standard InChI is InChI=1S/C28H26O4/c1-19-9-25(15-29)27(17-31)13-23(19)11-21-5-3-4-6-22(8-7-21)12-24-14-28(18-32)26(16-30)10-20(24)2/h3-4,7-11,13-18,22H,5-6,12H2,1-2H3/b4-3-,8-7-,21-11+. The third kappa shape index (κ3) is 5.33. The molecule has 0 spiro atoms. The highest BCUT2D eigenvalue weighted by Crippen LogP contribution is 2.25. The Bertz CT molecular complexity index is 1150. The lowest BCUT2D eigenvalue weighted by atomic mass is 9.89. The Labute approximate surface area is 188 Å². The molecule has 1 aliphatic carbocycles. The Morgan fingerprint density at radius 3 is 2.00 bits per heavy atom. The lowest BCUT2D eigenvalue weighted by Gasteiger charge is -2.16. The van der Waals surface area contributed by atoms with Crippen molar-refractivity contribution in [3.63, 3.8) is 0 Å². The summed E-state index contributed by atoms with van der Waals surface area (Å²) in [6, 6.07) is 7.09. The SMILES string of the molecule is Cc1cc(C=O)c(C=O)cc1/C=C1/C=C\C(Cc2cc(C=O)c(C=O)cc2C)C/C=C\C1. The van der Waals surface area contributed by atoms with Crippen LogP contribution in [0.4, 0.5) is 0 Å². The van der Waals surface area contributed by atoms with Crippen molar-refractivity contribution >= 4 is 31.2 Å². The first-order chi connectivity index (χ1) is 15.5. The van der Waals surface area contributed by atoms with E-state index in [2.05, 4.69) is 30.4 Å². The Morgan fingerprint density at radius 2 is 1.34 bits per heavy atom. The van der Waals surface area contributed by atoms with Crippen molar-refractivity contribution in [1.29, 1.82) is 0 Å². The molecule has 1 atom stereocenters. The van der Waals surface area contributed by atoms with Crippen molar-refractivity contribution in [3.05, 3.63) is 98.7 Å². The van der Waals surface area contributed by atoms with Crippen LogP contribution in [0.15, 0.2) is 54.1 Å². The Balaban J connectivity index is 1.88. The maximum Gasteiger partial charge on any atom is 0.150 e. The first-order valence-corrected chi connectivity index (χ1v) is 10.6. The largest absolute Gasteiger partial charge is 0.298 e. The van der Waals surface area contributed by atoms with Crippen LogP contribution in [-0.2, 0) is 6.42 Å². The van der Waals surface area contributed by atoms with Gasteiger partial charge in [-0.1, -0.05) is 30.4 Å². The van der Waals surface area contributed by atoms with Gasteiger partial charge in [0.05, 0.1) is 0 Å². The van der Waals surface area contributed by atoms with Crippen LogP contribution in [0, 0.1) is 19.8 Å². The van der Waals surface area contributed by atoms with E-state index in [-0.39, 0.29) is 5.92 Å². The summed E-state index contributed by atoms with van der Waals surface area (Å²) in [6.07, 6.45) is 15.9. The predicted molar refractivity (Wildman–Crippen MR) is 127 cm³/mol. The maximum atomic E-state index is 11.3. The van der Waals surface area contributed by atoms with E-state index in [1.165, 1.54) is 0 Å². The van der Waals surface area contributed by atoms with Crippen LogP contribution in [0.5, 0.6) is 0 Å². The van der Waals surface area contributed by atoms with Crippen LogP contribution in [0.3, 0.4) is 0 Å². The normalized spacial score (nSPS) is 18.9. The zero-order valence-corrected chi connectivity index (χ0v) is 18.3. The number of carbonyl (C=O) groups is 4. The fourth-order valence-corrected chi connectivity index (χ4v) is 3.98. The van der Waals surface area contributed by atoms with Gasteiger partial charge in [-0.25, -0.2) is 0 Å². The van der Waals surface area contributed by atoms with Gasteiger partial charge in [0.2, 0.25) is 0 Å². The summed E-state index contributed by atoms with van der Waals surface area (Å²) in [5.74, 6) is 0.249. The second kappa shape index (κ2) is 10.6. The quantitative estimate of drug-likeness (QED) is 0.421. The summed E-state index contributed by atoms with van der Waals surface area (Å²) in [7, 11) is 0. The lowest BCUT2D eigenvalue weighted by molar-refractivity contribution is 0.109. The molecule has 2 aromatic carbocycles. The Morgan fingerprint density at radius 1 is 0.750 bits per heavy atom. The topological polar surface area (TPSA) is 68.3 Å². The van der Waals surface area contributed by atoms with Gasteiger partial charge in [-0.05, 0) is 91.1 Å². The number of benzene rings is 2. The minimum Gasteiger partial charge on any atom is -0.298 e. The smallest absolute Gasteiger partial charge is 0.150 e. The maximum absolute atomic E-state index is 11.3. The van der Waals surface area contributed by atoms with Crippen LogP contribution in [-0.4, -0.2) is 25.1 Å². The van der Waals surface area contributed by atoms with Crippen molar-refractivity contribution in [1.82, 2.24) is 0 Å². The number of allylic oxidation sites excluding steroid dienone is 5. The Kier molecular flexibility index (Phi) is 7.61. The second-order valence-electron chi connectivity index (χ2n) is 8.17. The van der Waals surface area contributed by atoms with Crippen molar-refractivity contribution < 1.29 is 19.2 Å². The van der Waals surface area contributed by atoms with E-state index in [0.717, 1.165) is 59.7 Å². The molecule has 0 radical (unpaired) electrons. The minimum atomic E-state index is 0.249. The molecule has 0 bridgehead atoms. The molecule has 0 saturated heterocycles. The third-order valence-corrected chi connectivity index (χ3v) is 5.89. The molecule has 0 saturated carbocycles. The first-order valence-electron chi connectivity index (χ1n) is 10.6. The summed E-state index contributed by atoms with van der Waals surface area (Å²) < 4.78 is 0. The van der Waals surface area contributed by atoms with Gasteiger partial charge in [0.15, 0.2) is 25.1 Å². The highest BCUT2D eigenvalue weighted by atomic mass is 16.1. The number of aldehydes is 4. The van der Waals surface area contributed by atoms with Gasteiger partial charge in [-0.3, -0.25) is 19.2 Å². The van der Waals surface area contributed by atoms with E-state index in [1.54, 1.807) is 18.2 Å². The average Bonchev–Trinajstić information content (AvgIpc) is 2.79. The van der Waals surface area contributed by atoms with Crippen LogP contribution in [0.2, 0.25) is 0 Å². The Hall–Kier alpha value is -3.66. The predicted octanol–water partition coefficient (Wildman–Crippen LogP) is 5.70. The molecule has 2 aromatic rings. The molecule has 0 N–H and O–H groups in total. The van der Waals surface area contributed by atoms with E-state index in [0.29, 0.717) is 34.8 Å². The second-order valence-corrected chi connectivity index (χ2v) is 8.17. The van der Waals surface area contributed by atoms with Crippen molar-refractivity contribution in [2.75, 3.05) is 0 Å². The number of aryl methyl sites for hydroxylation is 2. The summed E-state index contributed by atoms with van der Waals surface area (Å²) in [4.78, 5) is 45.0. The number of rotatable bonds is 7. The van der Waals surface area contributed by atoms with Gasteiger partial charge in [0, 0.05) is 22.3 Å². The van der Waals surface area contributed by atoms with Crippen molar-refractivity contribution in [2.45, 2.75) is 33.1 Å². The molecule has 4 nitrogen and oxygen atoms in total. The van der Waals surface area contributed by atoms with E-state index < -0.39 is 0 Å². The number of hydrogen-bond acceptors (Lipinski definition) is 4. The number of carbonyl (C=O) groups excluding carboxylic acids is 4.